The van der Waals surface area contributed by atoms with Crippen LogP contribution in [0.5, 0.6) is 5.75 Å². The van der Waals surface area contributed by atoms with Crippen molar-refractivity contribution in [2.24, 2.45) is 0 Å². The highest BCUT2D eigenvalue weighted by Crippen LogP contribution is 2.33. The fraction of sp³-hybridized carbons (Fsp3) is 0.481. The maximum atomic E-state index is 5.25. The Morgan fingerprint density at radius 3 is 1.97 bits per heavy atom. The minimum atomic E-state index is 0.851. The van der Waals surface area contributed by atoms with E-state index in [0.29, 0.717) is 0 Å². The lowest BCUT2D eigenvalue weighted by Gasteiger charge is -2.35. The summed E-state index contributed by atoms with van der Waals surface area (Å²) < 4.78 is 5.25. The van der Waals surface area contributed by atoms with E-state index in [4.69, 9.17) is 4.74 Å². The molecule has 1 saturated heterocycles. The van der Waals surface area contributed by atoms with Crippen molar-refractivity contribution in [2.45, 2.75) is 74.1 Å². The van der Waals surface area contributed by atoms with Crippen molar-refractivity contribution in [3.05, 3.63) is 59.7 Å². The number of piperidine rings is 1. The molecule has 0 atom stereocenters. The van der Waals surface area contributed by atoms with Crippen molar-refractivity contribution in [1.29, 1.82) is 0 Å². The normalized spacial score (nSPS) is 18.8. The maximum Gasteiger partial charge on any atom is 0.118 e. The van der Waals surface area contributed by atoms with Gasteiger partial charge in [0.2, 0.25) is 0 Å². The SMILES string of the molecule is COc1ccc(Sc2ccc(C(C)=C3CCN(C4CCCCCC4)CC3)cc2)cc1. The highest BCUT2D eigenvalue weighted by atomic mass is 32.2. The van der Waals surface area contributed by atoms with Crippen molar-refractivity contribution in [3.63, 3.8) is 0 Å². The zero-order valence-electron chi connectivity index (χ0n) is 18.5. The Bertz CT molecular complexity index is 822. The van der Waals surface area contributed by atoms with E-state index in [1.165, 1.54) is 85.4 Å². The summed E-state index contributed by atoms with van der Waals surface area (Å²) in [7, 11) is 1.71. The van der Waals surface area contributed by atoms with Crippen LogP contribution in [0.25, 0.3) is 5.57 Å². The van der Waals surface area contributed by atoms with Crippen LogP contribution in [0.1, 0.15) is 63.9 Å². The molecule has 2 aromatic carbocycles. The van der Waals surface area contributed by atoms with Gasteiger partial charge in [-0.2, -0.15) is 0 Å². The van der Waals surface area contributed by atoms with Gasteiger partial charge in [-0.25, -0.2) is 0 Å². The molecule has 0 spiro atoms. The zero-order valence-corrected chi connectivity index (χ0v) is 19.3. The van der Waals surface area contributed by atoms with Gasteiger partial charge < -0.3 is 4.74 Å². The summed E-state index contributed by atoms with van der Waals surface area (Å²) in [6.07, 6.45) is 11.1. The zero-order chi connectivity index (χ0) is 20.8. The second kappa shape index (κ2) is 10.5. The van der Waals surface area contributed by atoms with Crippen LogP contribution in [-0.4, -0.2) is 31.1 Å². The van der Waals surface area contributed by atoms with E-state index < -0.39 is 0 Å². The van der Waals surface area contributed by atoms with Crippen LogP contribution in [0.15, 0.2) is 63.9 Å². The van der Waals surface area contributed by atoms with Gasteiger partial charge in [-0.1, -0.05) is 55.2 Å². The van der Waals surface area contributed by atoms with Crippen molar-refractivity contribution < 1.29 is 4.74 Å². The molecule has 1 aliphatic carbocycles. The molecular weight excluding hydrogens is 386 g/mol. The molecule has 30 heavy (non-hydrogen) atoms. The van der Waals surface area contributed by atoms with E-state index in [2.05, 4.69) is 48.2 Å². The van der Waals surface area contributed by atoms with Gasteiger partial charge in [0, 0.05) is 28.9 Å². The Morgan fingerprint density at radius 2 is 1.40 bits per heavy atom. The van der Waals surface area contributed by atoms with Gasteiger partial charge in [0.05, 0.1) is 7.11 Å². The first kappa shape index (κ1) is 21.5. The number of likely N-dealkylation sites (tertiary alicyclic amines) is 1. The van der Waals surface area contributed by atoms with Crippen molar-refractivity contribution in [1.82, 2.24) is 4.90 Å². The lowest BCUT2D eigenvalue weighted by Crippen LogP contribution is -2.39. The molecule has 1 aliphatic heterocycles. The number of rotatable bonds is 5. The quantitative estimate of drug-likeness (QED) is 0.466. The monoisotopic (exact) mass is 421 g/mol. The molecule has 0 unspecified atom stereocenters. The Balaban J connectivity index is 1.35. The Kier molecular flexibility index (Phi) is 7.57. The maximum absolute atomic E-state index is 5.25. The fourth-order valence-corrected chi connectivity index (χ4v) is 5.73. The van der Waals surface area contributed by atoms with E-state index >= 15 is 0 Å². The van der Waals surface area contributed by atoms with Crippen LogP contribution in [0.3, 0.4) is 0 Å². The number of benzene rings is 2. The molecule has 2 aliphatic rings. The third-order valence-electron chi connectivity index (χ3n) is 6.86. The second-order valence-corrected chi connectivity index (χ2v) is 9.86. The second-order valence-electron chi connectivity index (χ2n) is 8.71. The first-order valence-electron chi connectivity index (χ1n) is 11.6. The Hall–Kier alpha value is -1.71. The highest BCUT2D eigenvalue weighted by molar-refractivity contribution is 7.99. The molecule has 0 aromatic heterocycles. The minimum absolute atomic E-state index is 0.851. The van der Waals surface area contributed by atoms with E-state index in [-0.39, 0.29) is 0 Å². The molecule has 2 fully saturated rings. The average Bonchev–Trinajstić information content (AvgIpc) is 3.09. The molecular formula is C27H35NOS. The standard InChI is InChI=1S/C27H35NOS/c1-21(23-17-19-28(20-18-23)24-7-5-3-4-6-8-24)22-9-13-26(14-10-22)30-27-15-11-25(29-2)12-16-27/h9-16,24H,3-8,17-20H2,1-2H3. The van der Waals surface area contributed by atoms with Gasteiger partial charge >= 0.3 is 0 Å². The largest absolute Gasteiger partial charge is 0.497 e. The van der Waals surface area contributed by atoms with Gasteiger partial charge in [0.25, 0.3) is 0 Å². The summed E-state index contributed by atoms with van der Waals surface area (Å²) in [5.41, 5.74) is 4.54. The predicted octanol–water partition coefficient (Wildman–Crippen LogP) is 7.44. The van der Waals surface area contributed by atoms with Crippen LogP contribution >= 0.6 is 11.8 Å². The Labute approximate surface area is 186 Å². The minimum Gasteiger partial charge on any atom is -0.497 e. The lowest BCUT2D eigenvalue weighted by molar-refractivity contribution is 0.167. The topological polar surface area (TPSA) is 12.5 Å². The molecule has 2 aromatic rings. The molecule has 3 heteroatoms. The van der Waals surface area contributed by atoms with Crippen LogP contribution in [-0.2, 0) is 0 Å². The van der Waals surface area contributed by atoms with Crippen LogP contribution in [0, 0.1) is 0 Å². The van der Waals surface area contributed by atoms with E-state index in [0.717, 1.165) is 11.8 Å². The molecule has 1 heterocycles. The summed E-state index contributed by atoms with van der Waals surface area (Å²) >= 11 is 1.80. The summed E-state index contributed by atoms with van der Waals surface area (Å²) in [5.74, 6) is 0.905. The molecule has 160 valence electrons. The van der Waals surface area contributed by atoms with Gasteiger partial charge in [-0.05, 0) is 80.1 Å². The molecule has 0 radical (unpaired) electrons. The summed E-state index contributed by atoms with van der Waals surface area (Å²) in [5, 5.41) is 0. The third kappa shape index (κ3) is 5.50. The molecule has 0 N–H and O–H groups in total. The smallest absolute Gasteiger partial charge is 0.118 e. The van der Waals surface area contributed by atoms with E-state index in [1.54, 1.807) is 24.4 Å². The van der Waals surface area contributed by atoms with E-state index in [9.17, 15) is 0 Å². The van der Waals surface area contributed by atoms with Crippen LogP contribution in [0.4, 0.5) is 0 Å². The summed E-state index contributed by atoms with van der Waals surface area (Å²) in [6, 6.07) is 18.2. The predicted molar refractivity (Wildman–Crippen MR) is 128 cm³/mol. The first-order chi connectivity index (χ1) is 14.7. The number of methoxy groups -OCH3 is 1. The van der Waals surface area contributed by atoms with Crippen molar-refractivity contribution in [2.75, 3.05) is 20.2 Å². The van der Waals surface area contributed by atoms with Gasteiger partial charge in [-0.3, -0.25) is 4.90 Å². The van der Waals surface area contributed by atoms with Crippen molar-refractivity contribution in [3.8, 4) is 5.75 Å². The Morgan fingerprint density at radius 1 is 0.833 bits per heavy atom. The third-order valence-corrected chi connectivity index (χ3v) is 7.87. The lowest BCUT2D eigenvalue weighted by atomic mass is 9.93. The van der Waals surface area contributed by atoms with Gasteiger partial charge in [0.1, 0.15) is 5.75 Å². The summed E-state index contributed by atoms with van der Waals surface area (Å²) in [4.78, 5) is 5.31. The van der Waals surface area contributed by atoms with Crippen LogP contribution in [0.2, 0.25) is 0 Å². The first-order valence-corrected chi connectivity index (χ1v) is 12.4. The number of hydrogen-bond acceptors (Lipinski definition) is 3. The molecule has 4 rings (SSSR count). The molecule has 1 saturated carbocycles. The van der Waals surface area contributed by atoms with Crippen molar-refractivity contribution >= 4 is 17.3 Å². The number of ether oxygens (including phenoxy) is 1. The molecule has 0 bridgehead atoms. The highest BCUT2D eigenvalue weighted by Gasteiger charge is 2.23. The number of allylic oxidation sites excluding steroid dienone is 1. The molecule has 2 nitrogen and oxygen atoms in total. The molecule has 0 amide bonds. The number of nitrogens with zero attached hydrogens (tertiary/aromatic N) is 1. The van der Waals surface area contributed by atoms with Crippen LogP contribution < -0.4 is 4.74 Å². The van der Waals surface area contributed by atoms with Gasteiger partial charge in [0.15, 0.2) is 0 Å². The summed E-state index contributed by atoms with van der Waals surface area (Å²) in [6.45, 7) is 4.83. The fourth-order valence-electron chi connectivity index (χ4n) is 4.91. The van der Waals surface area contributed by atoms with E-state index in [1.807, 2.05) is 12.1 Å². The van der Waals surface area contributed by atoms with Gasteiger partial charge in [-0.15, -0.1) is 0 Å². The average molecular weight is 422 g/mol. The number of hydrogen-bond donors (Lipinski definition) is 0.